The van der Waals surface area contributed by atoms with Gasteiger partial charge >= 0.3 is 6.18 Å². The molecular weight excluding hydrogens is 265 g/mol. The Labute approximate surface area is 101 Å². The second-order valence-electron chi connectivity index (χ2n) is 3.35. The van der Waals surface area contributed by atoms with Crippen molar-refractivity contribution in [2.45, 2.75) is 25.1 Å². The molecule has 0 aliphatic rings. The molecule has 0 saturated heterocycles. The Bertz CT molecular complexity index is 336. The topological polar surface area (TPSA) is 26.0 Å². The van der Waals surface area contributed by atoms with Gasteiger partial charge in [-0.2, -0.15) is 13.2 Å². The lowest BCUT2D eigenvalue weighted by atomic mass is 10.0. The Balaban J connectivity index is 0.00000256. The Morgan fingerprint density at radius 2 is 1.53 bits per heavy atom. The molecule has 0 heterocycles. The number of hydrogen-bond donors (Lipinski definition) is 1. The van der Waals surface area contributed by atoms with Crippen molar-refractivity contribution < 1.29 is 22.0 Å². The van der Waals surface area contributed by atoms with Crippen molar-refractivity contribution in [2.75, 3.05) is 0 Å². The summed E-state index contributed by atoms with van der Waals surface area (Å²) in [4.78, 5) is 0. The van der Waals surface area contributed by atoms with E-state index in [4.69, 9.17) is 5.73 Å². The molecule has 1 nitrogen and oxygen atoms in total. The van der Waals surface area contributed by atoms with E-state index in [-0.39, 0.29) is 18.0 Å². The number of nitrogens with two attached hydrogens (primary N) is 1. The molecule has 0 fully saturated rings. The molecule has 0 saturated carbocycles. The highest BCUT2D eigenvalue weighted by atomic mass is 35.5. The molecule has 1 aromatic carbocycles. The van der Waals surface area contributed by atoms with Crippen LogP contribution >= 0.6 is 12.4 Å². The maximum atomic E-state index is 12.2. The normalized spacial score (nSPS) is 13.4. The van der Waals surface area contributed by atoms with Crippen molar-refractivity contribution in [1.82, 2.24) is 0 Å². The molecule has 0 aliphatic carbocycles. The summed E-state index contributed by atoms with van der Waals surface area (Å²) in [5, 5.41) is 0. The molecule has 0 bridgehead atoms. The zero-order valence-corrected chi connectivity index (χ0v) is 9.36. The molecular formula is C10H11ClF5N. The zero-order valence-electron chi connectivity index (χ0n) is 8.55. The molecule has 7 heteroatoms. The lowest BCUT2D eigenvalue weighted by Crippen LogP contribution is -2.14. The van der Waals surface area contributed by atoms with Gasteiger partial charge in [-0.15, -0.1) is 12.4 Å². The van der Waals surface area contributed by atoms with Gasteiger partial charge in [-0.05, 0) is 17.7 Å². The first-order valence-electron chi connectivity index (χ1n) is 4.51. The fraction of sp³-hybridized carbons (Fsp3) is 0.400. The molecule has 0 aliphatic heterocycles. The lowest BCUT2D eigenvalue weighted by molar-refractivity contribution is -0.137. The van der Waals surface area contributed by atoms with Crippen molar-refractivity contribution in [3.63, 3.8) is 0 Å². The van der Waals surface area contributed by atoms with Gasteiger partial charge in [0.1, 0.15) is 0 Å². The van der Waals surface area contributed by atoms with Gasteiger partial charge in [0.25, 0.3) is 0 Å². The van der Waals surface area contributed by atoms with Gasteiger partial charge in [-0.1, -0.05) is 12.1 Å². The van der Waals surface area contributed by atoms with E-state index in [1.807, 2.05) is 0 Å². The highest BCUT2D eigenvalue weighted by molar-refractivity contribution is 5.85. The monoisotopic (exact) mass is 275 g/mol. The van der Waals surface area contributed by atoms with Crippen molar-refractivity contribution >= 4 is 12.4 Å². The highest BCUT2D eigenvalue weighted by Crippen LogP contribution is 2.30. The van der Waals surface area contributed by atoms with Crippen molar-refractivity contribution in [3.8, 4) is 0 Å². The highest BCUT2D eigenvalue weighted by Gasteiger charge is 2.30. The maximum Gasteiger partial charge on any atom is 0.416 e. The van der Waals surface area contributed by atoms with Crippen LogP contribution in [0.25, 0.3) is 0 Å². The van der Waals surface area contributed by atoms with E-state index in [2.05, 4.69) is 0 Å². The Hall–Kier alpha value is -0.880. The Morgan fingerprint density at radius 3 is 1.88 bits per heavy atom. The summed E-state index contributed by atoms with van der Waals surface area (Å²) in [6.07, 6.45) is -7.56. The van der Waals surface area contributed by atoms with Gasteiger partial charge in [-0.25, -0.2) is 8.78 Å². The summed E-state index contributed by atoms with van der Waals surface area (Å²) < 4.78 is 60.5. The zero-order chi connectivity index (χ0) is 12.3. The molecule has 0 aromatic heterocycles. The summed E-state index contributed by atoms with van der Waals surface area (Å²) in [6, 6.07) is 2.97. The largest absolute Gasteiger partial charge is 0.416 e. The Kier molecular flexibility index (Phi) is 5.84. The van der Waals surface area contributed by atoms with Crippen LogP contribution in [0.1, 0.15) is 23.6 Å². The van der Waals surface area contributed by atoms with Crippen LogP contribution in [-0.2, 0) is 6.18 Å². The molecule has 1 atom stereocenters. The van der Waals surface area contributed by atoms with E-state index in [1.54, 1.807) is 0 Å². The van der Waals surface area contributed by atoms with Gasteiger partial charge in [0.15, 0.2) is 0 Å². The minimum Gasteiger partial charge on any atom is -0.324 e. The van der Waals surface area contributed by atoms with Crippen LogP contribution in [0.4, 0.5) is 22.0 Å². The van der Waals surface area contributed by atoms with Gasteiger partial charge in [0.05, 0.1) is 5.56 Å². The summed E-state index contributed by atoms with van der Waals surface area (Å²) in [7, 11) is 0. The van der Waals surface area contributed by atoms with E-state index < -0.39 is 30.6 Å². The summed E-state index contributed by atoms with van der Waals surface area (Å²) >= 11 is 0. The van der Waals surface area contributed by atoms with Gasteiger partial charge < -0.3 is 5.73 Å². The maximum absolute atomic E-state index is 12.2. The average Bonchev–Trinajstić information content (AvgIpc) is 2.15. The van der Waals surface area contributed by atoms with Gasteiger partial charge in [-0.3, -0.25) is 0 Å². The third kappa shape index (κ3) is 4.87. The van der Waals surface area contributed by atoms with E-state index in [9.17, 15) is 22.0 Å². The minimum absolute atomic E-state index is 0. The van der Waals surface area contributed by atoms with Crippen LogP contribution in [-0.4, -0.2) is 6.43 Å². The molecule has 0 spiro atoms. The fourth-order valence-corrected chi connectivity index (χ4v) is 1.25. The molecule has 0 amide bonds. The van der Waals surface area contributed by atoms with Crippen LogP contribution in [0.5, 0.6) is 0 Å². The number of hydrogen-bond acceptors (Lipinski definition) is 1. The van der Waals surface area contributed by atoms with Crippen LogP contribution < -0.4 is 5.73 Å². The predicted molar refractivity (Wildman–Crippen MR) is 56.2 cm³/mol. The first-order chi connectivity index (χ1) is 7.30. The van der Waals surface area contributed by atoms with Crippen LogP contribution in [0.15, 0.2) is 24.3 Å². The van der Waals surface area contributed by atoms with Crippen molar-refractivity contribution in [2.24, 2.45) is 5.73 Å². The third-order valence-corrected chi connectivity index (χ3v) is 2.10. The number of alkyl halides is 5. The molecule has 0 unspecified atom stereocenters. The summed E-state index contributed by atoms with van der Waals surface area (Å²) in [6.45, 7) is 0. The van der Waals surface area contributed by atoms with Crippen molar-refractivity contribution in [3.05, 3.63) is 35.4 Å². The van der Waals surface area contributed by atoms with Crippen molar-refractivity contribution in [1.29, 1.82) is 0 Å². The second-order valence-corrected chi connectivity index (χ2v) is 3.35. The average molecular weight is 276 g/mol. The molecule has 17 heavy (non-hydrogen) atoms. The lowest BCUT2D eigenvalue weighted by Gasteiger charge is -2.12. The van der Waals surface area contributed by atoms with Gasteiger partial charge in [0, 0.05) is 12.5 Å². The summed E-state index contributed by atoms with van der Waals surface area (Å²) in [5.74, 6) is 0. The fourth-order valence-electron chi connectivity index (χ4n) is 1.25. The Morgan fingerprint density at radius 1 is 1.06 bits per heavy atom. The predicted octanol–water partition coefficient (Wildman–Crippen LogP) is 3.78. The van der Waals surface area contributed by atoms with E-state index in [1.165, 1.54) is 0 Å². The van der Waals surface area contributed by atoms with Crippen LogP contribution in [0.2, 0.25) is 0 Å². The molecule has 1 rings (SSSR count). The first-order valence-corrected chi connectivity index (χ1v) is 4.51. The SMILES string of the molecule is Cl.N[C@H](CC(F)F)c1ccc(C(F)(F)F)cc1. The molecule has 2 N–H and O–H groups in total. The van der Waals surface area contributed by atoms with E-state index >= 15 is 0 Å². The number of rotatable bonds is 3. The minimum atomic E-state index is -4.43. The quantitative estimate of drug-likeness (QED) is 0.835. The third-order valence-electron chi connectivity index (χ3n) is 2.10. The number of halogens is 6. The molecule has 1 aromatic rings. The molecule has 98 valence electrons. The molecule has 0 radical (unpaired) electrons. The van der Waals surface area contributed by atoms with Crippen LogP contribution in [0, 0.1) is 0 Å². The van der Waals surface area contributed by atoms with Crippen LogP contribution in [0.3, 0.4) is 0 Å². The standard InChI is InChI=1S/C10H10F5N.ClH/c11-9(12)5-8(16)6-1-3-7(4-2-6)10(13,14)15;/h1-4,8-9H,5,16H2;1H/t8-;/m1./s1. The second kappa shape index (κ2) is 6.16. The van der Waals surface area contributed by atoms with E-state index in [0.29, 0.717) is 0 Å². The smallest absolute Gasteiger partial charge is 0.324 e. The first kappa shape index (κ1) is 16.1. The number of benzene rings is 1. The van der Waals surface area contributed by atoms with Gasteiger partial charge in [0.2, 0.25) is 6.43 Å². The van der Waals surface area contributed by atoms with E-state index in [0.717, 1.165) is 24.3 Å². The summed E-state index contributed by atoms with van der Waals surface area (Å²) in [5.41, 5.74) is 4.85.